The minimum Gasteiger partial charge on any atom is -0.354 e. The first-order valence-corrected chi connectivity index (χ1v) is 6.79. The van der Waals surface area contributed by atoms with Crippen molar-refractivity contribution in [2.24, 2.45) is 0 Å². The van der Waals surface area contributed by atoms with E-state index < -0.39 is 0 Å². The van der Waals surface area contributed by atoms with Crippen molar-refractivity contribution >= 4 is 5.82 Å². The summed E-state index contributed by atoms with van der Waals surface area (Å²) in [6.07, 6.45) is 3.12. The lowest BCUT2D eigenvalue weighted by atomic mass is 10.1. The highest BCUT2D eigenvalue weighted by Gasteiger charge is 2.23. The molecule has 0 aliphatic carbocycles. The number of piperazine rings is 1. The second kappa shape index (κ2) is 6.16. The molecule has 100 valence electrons. The SMILES string of the molecule is CCC1CN(c2cc(CNC)ccn2)CCN1C. The van der Waals surface area contributed by atoms with E-state index in [0.717, 1.165) is 32.0 Å². The molecular formula is C14H24N4. The van der Waals surface area contributed by atoms with Crippen molar-refractivity contribution in [2.75, 3.05) is 38.6 Å². The molecule has 1 fully saturated rings. The van der Waals surface area contributed by atoms with Crippen LogP contribution in [-0.2, 0) is 6.54 Å². The molecule has 2 heterocycles. The Balaban J connectivity index is 2.09. The largest absolute Gasteiger partial charge is 0.354 e. The molecule has 18 heavy (non-hydrogen) atoms. The standard InChI is InChI=1S/C14H24N4/c1-4-13-11-18(8-7-17(13)3)14-9-12(10-15-2)5-6-16-14/h5-6,9,13,15H,4,7-8,10-11H2,1-3H3. The molecule has 0 aromatic carbocycles. The summed E-state index contributed by atoms with van der Waals surface area (Å²) in [4.78, 5) is 9.38. The van der Waals surface area contributed by atoms with Crippen LogP contribution in [0.2, 0.25) is 0 Å². The van der Waals surface area contributed by atoms with E-state index in [1.807, 2.05) is 13.2 Å². The first-order valence-electron chi connectivity index (χ1n) is 6.79. The fraction of sp³-hybridized carbons (Fsp3) is 0.643. The van der Waals surface area contributed by atoms with Gasteiger partial charge in [-0.1, -0.05) is 6.92 Å². The molecule has 4 heteroatoms. The minimum absolute atomic E-state index is 0.647. The Kier molecular flexibility index (Phi) is 4.55. The topological polar surface area (TPSA) is 31.4 Å². The number of rotatable bonds is 4. The fourth-order valence-corrected chi connectivity index (χ4v) is 2.54. The maximum atomic E-state index is 4.52. The average Bonchev–Trinajstić information content (AvgIpc) is 2.40. The molecule has 1 aliphatic rings. The highest BCUT2D eigenvalue weighted by molar-refractivity contribution is 5.41. The van der Waals surface area contributed by atoms with Gasteiger partial charge in [-0.2, -0.15) is 0 Å². The number of likely N-dealkylation sites (N-methyl/N-ethyl adjacent to an activating group) is 1. The highest BCUT2D eigenvalue weighted by Crippen LogP contribution is 2.18. The van der Waals surface area contributed by atoms with Crippen LogP contribution in [0.1, 0.15) is 18.9 Å². The van der Waals surface area contributed by atoms with E-state index in [1.54, 1.807) is 0 Å². The number of hydrogen-bond donors (Lipinski definition) is 1. The predicted molar refractivity (Wildman–Crippen MR) is 75.9 cm³/mol. The second-order valence-electron chi connectivity index (χ2n) is 5.04. The molecule has 1 saturated heterocycles. The number of aromatic nitrogens is 1. The Morgan fingerprint density at radius 2 is 2.28 bits per heavy atom. The minimum atomic E-state index is 0.647. The van der Waals surface area contributed by atoms with Gasteiger partial charge in [0.1, 0.15) is 5.82 Å². The van der Waals surface area contributed by atoms with Crippen LogP contribution in [-0.4, -0.2) is 49.7 Å². The molecule has 0 saturated carbocycles. The zero-order valence-corrected chi connectivity index (χ0v) is 11.7. The summed E-state index contributed by atoms with van der Waals surface area (Å²) < 4.78 is 0. The molecule has 1 atom stereocenters. The van der Waals surface area contributed by atoms with Gasteiger partial charge in [0.2, 0.25) is 0 Å². The van der Waals surface area contributed by atoms with Gasteiger partial charge in [0, 0.05) is 38.4 Å². The number of nitrogens with zero attached hydrogens (tertiary/aromatic N) is 3. The average molecular weight is 248 g/mol. The van der Waals surface area contributed by atoms with Crippen molar-refractivity contribution in [1.29, 1.82) is 0 Å². The van der Waals surface area contributed by atoms with Crippen molar-refractivity contribution in [3.63, 3.8) is 0 Å². The van der Waals surface area contributed by atoms with Crippen LogP contribution in [0.25, 0.3) is 0 Å². The van der Waals surface area contributed by atoms with Gasteiger partial charge in [0.15, 0.2) is 0 Å². The van der Waals surface area contributed by atoms with Gasteiger partial charge < -0.3 is 10.2 Å². The Hall–Kier alpha value is -1.13. The van der Waals surface area contributed by atoms with E-state index in [-0.39, 0.29) is 0 Å². The maximum absolute atomic E-state index is 4.52. The van der Waals surface area contributed by atoms with Crippen LogP contribution in [0.5, 0.6) is 0 Å². The van der Waals surface area contributed by atoms with E-state index >= 15 is 0 Å². The van der Waals surface area contributed by atoms with E-state index in [1.165, 1.54) is 12.0 Å². The quantitative estimate of drug-likeness (QED) is 0.871. The summed E-state index contributed by atoms with van der Waals surface area (Å²) in [5, 5.41) is 3.19. The summed E-state index contributed by atoms with van der Waals surface area (Å²) in [5.41, 5.74) is 1.30. The summed E-state index contributed by atoms with van der Waals surface area (Å²) in [6.45, 7) is 6.44. The van der Waals surface area contributed by atoms with Gasteiger partial charge in [-0.05, 0) is 38.2 Å². The highest BCUT2D eigenvalue weighted by atomic mass is 15.3. The first kappa shape index (κ1) is 13.3. The molecule has 4 nitrogen and oxygen atoms in total. The van der Waals surface area contributed by atoms with Gasteiger partial charge in [-0.25, -0.2) is 4.98 Å². The van der Waals surface area contributed by atoms with Crippen LogP contribution in [0, 0.1) is 0 Å². The molecule has 1 aliphatic heterocycles. The van der Waals surface area contributed by atoms with Crippen molar-refractivity contribution in [2.45, 2.75) is 25.9 Å². The van der Waals surface area contributed by atoms with Gasteiger partial charge in [0.05, 0.1) is 0 Å². The first-order chi connectivity index (χ1) is 8.74. The Bertz CT molecular complexity index is 380. The van der Waals surface area contributed by atoms with Gasteiger partial charge in [-0.15, -0.1) is 0 Å². The van der Waals surface area contributed by atoms with E-state index in [0.29, 0.717) is 6.04 Å². The Morgan fingerprint density at radius 3 is 3.00 bits per heavy atom. The van der Waals surface area contributed by atoms with Gasteiger partial charge in [-0.3, -0.25) is 4.90 Å². The van der Waals surface area contributed by atoms with Crippen LogP contribution < -0.4 is 10.2 Å². The number of hydrogen-bond acceptors (Lipinski definition) is 4. The summed E-state index contributed by atoms with van der Waals surface area (Å²) in [7, 11) is 4.19. The molecule has 1 aromatic rings. The van der Waals surface area contributed by atoms with E-state index in [2.05, 4.69) is 46.2 Å². The van der Waals surface area contributed by atoms with Crippen molar-refractivity contribution in [3.05, 3.63) is 23.9 Å². The molecule has 1 aromatic heterocycles. The van der Waals surface area contributed by atoms with Crippen molar-refractivity contribution < 1.29 is 0 Å². The Labute approximate surface area is 110 Å². The van der Waals surface area contributed by atoms with E-state index in [4.69, 9.17) is 0 Å². The summed E-state index contributed by atoms with van der Waals surface area (Å²) in [6, 6.07) is 4.93. The van der Waals surface area contributed by atoms with Crippen LogP contribution in [0.3, 0.4) is 0 Å². The monoisotopic (exact) mass is 248 g/mol. The predicted octanol–water partition coefficient (Wildman–Crippen LogP) is 1.33. The van der Waals surface area contributed by atoms with Crippen LogP contribution >= 0.6 is 0 Å². The summed E-state index contributed by atoms with van der Waals surface area (Å²) >= 11 is 0. The lowest BCUT2D eigenvalue weighted by Gasteiger charge is -2.39. The second-order valence-corrected chi connectivity index (χ2v) is 5.04. The number of nitrogens with one attached hydrogen (secondary N) is 1. The van der Waals surface area contributed by atoms with Crippen molar-refractivity contribution in [1.82, 2.24) is 15.2 Å². The third-order valence-electron chi connectivity index (χ3n) is 3.76. The molecule has 0 bridgehead atoms. The van der Waals surface area contributed by atoms with Gasteiger partial charge in [0.25, 0.3) is 0 Å². The molecular weight excluding hydrogens is 224 g/mol. The number of anilines is 1. The van der Waals surface area contributed by atoms with Gasteiger partial charge >= 0.3 is 0 Å². The lowest BCUT2D eigenvalue weighted by Crippen LogP contribution is -2.51. The fourth-order valence-electron chi connectivity index (χ4n) is 2.54. The lowest BCUT2D eigenvalue weighted by molar-refractivity contribution is 0.213. The van der Waals surface area contributed by atoms with Crippen molar-refractivity contribution in [3.8, 4) is 0 Å². The molecule has 0 amide bonds. The third-order valence-corrected chi connectivity index (χ3v) is 3.76. The summed E-state index contributed by atoms with van der Waals surface area (Å²) in [5.74, 6) is 1.12. The molecule has 1 N–H and O–H groups in total. The normalized spacial score (nSPS) is 21.3. The zero-order chi connectivity index (χ0) is 13.0. The Morgan fingerprint density at radius 1 is 1.44 bits per heavy atom. The molecule has 2 rings (SSSR count). The zero-order valence-electron chi connectivity index (χ0n) is 11.7. The van der Waals surface area contributed by atoms with Crippen LogP contribution in [0.4, 0.5) is 5.82 Å². The molecule has 0 spiro atoms. The van der Waals surface area contributed by atoms with Crippen LogP contribution in [0.15, 0.2) is 18.3 Å². The van der Waals surface area contributed by atoms with E-state index in [9.17, 15) is 0 Å². The number of pyridine rings is 1. The molecule has 0 radical (unpaired) electrons. The molecule has 1 unspecified atom stereocenters. The smallest absolute Gasteiger partial charge is 0.128 e. The third kappa shape index (κ3) is 3.00. The maximum Gasteiger partial charge on any atom is 0.128 e.